The molecule has 0 atom stereocenters. The van der Waals surface area contributed by atoms with Crippen LogP contribution in [0.3, 0.4) is 0 Å². The van der Waals surface area contributed by atoms with Crippen molar-refractivity contribution in [2.24, 2.45) is 5.92 Å². The van der Waals surface area contributed by atoms with E-state index in [1.807, 2.05) is 61.0 Å². The smallest absolute Gasteiger partial charge is 0.228 e. The average molecular weight is 419 g/mol. The minimum atomic E-state index is -0.0427. The van der Waals surface area contributed by atoms with E-state index < -0.39 is 0 Å². The van der Waals surface area contributed by atoms with Crippen LogP contribution < -0.4 is 5.32 Å². The third-order valence-electron chi connectivity index (χ3n) is 5.13. The molecule has 6 heteroatoms. The Bertz CT molecular complexity index is 1170. The van der Waals surface area contributed by atoms with E-state index in [0.717, 1.165) is 50.0 Å². The first kappa shape index (κ1) is 20.3. The van der Waals surface area contributed by atoms with Gasteiger partial charge >= 0.3 is 0 Å². The highest BCUT2D eigenvalue weighted by Crippen LogP contribution is 2.34. The molecule has 0 unspecified atom stereocenters. The first-order chi connectivity index (χ1) is 14.4. The number of nitrogens with zero attached hydrogens (tertiary/aromatic N) is 3. The number of para-hydroxylation sites is 2. The lowest BCUT2D eigenvalue weighted by Crippen LogP contribution is -2.16. The summed E-state index contributed by atoms with van der Waals surface area (Å²) >= 11 is 1.63. The van der Waals surface area contributed by atoms with E-state index in [1.165, 1.54) is 0 Å². The van der Waals surface area contributed by atoms with E-state index in [4.69, 9.17) is 4.98 Å². The Hall–Kier alpha value is -2.99. The zero-order valence-electron chi connectivity index (χ0n) is 17.8. The lowest BCUT2D eigenvalue weighted by Gasteiger charge is -2.10. The molecule has 5 nitrogen and oxygen atoms in total. The molecule has 0 saturated heterocycles. The van der Waals surface area contributed by atoms with Gasteiger partial charge in [-0.15, -0.1) is 11.3 Å². The highest BCUT2D eigenvalue weighted by molar-refractivity contribution is 7.21. The minimum Gasteiger partial charge on any atom is -0.325 e. The number of hydrogen-bond acceptors (Lipinski definition) is 4. The molecular formula is C24H26N4OS. The molecule has 0 aliphatic heterocycles. The second-order valence-corrected chi connectivity index (χ2v) is 9.01. The molecule has 0 bridgehead atoms. The molecule has 0 fully saturated rings. The first-order valence-electron chi connectivity index (χ1n) is 10.2. The van der Waals surface area contributed by atoms with Crippen molar-refractivity contribution < 1.29 is 4.79 Å². The summed E-state index contributed by atoms with van der Waals surface area (Å²) < 4.78 is 3.15. The summed E-state index contributed by atoms with van der Waals surface area (Å²) in [7, 11) is 0. The van der Waals surface area contributed by atoms with Crippen molar-refractivity contribution in [2.45, 2.75) is 40.7 Å². The number of aryl methyl sites for hydroxylation is 1. The van der Waals surface area contributed by atoms with Crippen LogP contribution in [-0.4, -0.2) is 20.7 Å². The van der Waals surface area contributed by atoms with Gasteiger partial charge in [-0.05, 0) is 44.0 Å². The summed E-state index contributed by atoms with van der Waals surface area (Å²) in [5.41, 5.74) is 5.69. The molecule has 1 amide bonds. The predicted molar refractivity (Wildman–Crippen MR) is 124 cm³/mol. The van der Waals surface area contributed by atoms with E-state index in [0.29, 0.717) is 12.3 Å². The van der Waals surface area contributed by atoms with Gasteiger partial charge in [0, 0.05) is 23.4 Å². The monoisotopic (exact) mass is 418 g/mol. The van der Waals surface area contributed by atoms with Crippen LogP contribution in [0.5, 0.6) is 0 Å². The number of thiazole rings is 1. The normalized spacial score (nSPS) is 11.4. The van der Waals surface area contributed by atoms with Crippen molar-refractivity contribution in [2.75, 3.05) is 5.32 Å². The summed E-state index contributed by atoms with van der Waals surface area (Å²) in [5, 5.41) is 8.63. The number of amides is 1. The van der Waals surface area contributed by atoms with Gasteiger partial charge in [-0.3, -0.25) is 9.48 Å². The third-order valence-corrected chi connectivity index (χ3v) is 6.20. The van der Waals surface area contributed by atoms with E-state index >= 15 is 0 Å². The maximum absolute atomic E-state index is 12.9. The molecule has 0 spiro atoms. The molecule has 2 aromatic carbocycles. The zero-order valence-corrected chi connectivity index (χ0v) is 18.6. The standard InChI is InChI=1S/C24H26N4OS/c1-15(2)14-28-17(4)19(16(3)27-28)13-23(29)25-20-10-6-5-9-18(20)24-26-21-11-7-8-12-22(21)30-24/h5-12,15H,13-14H2,1-4H3,(H,25,29). The molecule has 0 aliphatic carbocycles. The van der Waals surface area contributed by atoms with Crippen LogP contribution in [0.1, 0.15) is 30.8 Å². The highest BCUT2D eigenvalue weighted by Gasteiger charge is 2.17. The van der Waals surface area contributed by atoms with Crippen LogP contribution in [0.15, 0.2) is 48.5 Å². The molecular weight excluding hydrogens is 392 g/mol. The molecule has 0 aliphatic rings. The van der Waals surface area contributed by atoms with Crippen LogP contribution in [0.25, 0.3) is 20.8 Å². The molecule has 0 saturated carbocycles. The van der Waals surface area contributed by atoms with Crippen molar-refractivity contribution in [3.63, 3.8) is 0 Å². The first-order valence-corrected chi connectivity index (χ1v) is 11.0. The lowest BCUT2D eigenvalue weighted by molar-refractivity contribution is -0.115. The molecule has 1 N–H and O–H groups in total. The summed E-state index contributed by atoms with van der Waals surface area (Å²) in [6, 6.07) is 15.9. The maximum Gasteiger partial charge on any atom is 0.228 e. The Labute approximate surface area is 180 Å². The molecule has 0 radical (unpaired) electrons. The van der Waals surface area contributed by atoms with Gasteiger partial charge in [0.15, 0.2) is 0 Å². The average Bonchev–Trinajstić information content (AvgIpc) is 3.24. The highest BCUT2D eigenvalue weighted by atomic mass is 32.1. The maximum atomic E-state index is 12.9. The van der Waals surface area contributed by atoms with Gasteiger partial charge in [0.1, 0.15) is 5.01 Å². The second kappa shape index (κ2) is 8.40. The number of carbonyl (C=O) groups is 1. The topological polar surface area (TPSA) is 59.8 Å². The summed E-state index contributed by atoms with van der Waals surface area (Å²) in [4.78, 5) is 17.7. The van der Waals surface area contributed by atoms with E-state index in [-0.39, 0.29) is 5.91 Å². The molecule has 30 heavy (non-hydrogen) atoms. The number of benzene rings is 2. The third kappa shape index (κ3) is 4.14. The summed E-state index contributed by atoms with van der Waals surface area (Å²) in [6.45, 7) is 9.21. The van der Waals surface area contributed by atoms with Crippen LogP contribution in [0.2, 0.25) is 0 Å². The van der Waals surface area contributed by atoms with Crippen molar-refractivity contribution in [3.05, 3.63) is 65.5 Å². The SMILES string of the molecule is Cc1nn(CC(C)C)c(C)c1CC(=O)Nc1ccccc1-c1nc2ccccc2s1. The second-order valence-electron chi connectivity index (χ2n) is 7.98. The number of nitrogens with one attached hydrogen (secondary N) is 1. The number of anilines is 1. The van der Waals surface area contributed by atoms with E-state index in [9.17, 15) is 4.79 Å². The van der Waals surface area contributed by atoms with Crippen molar-refractivity contribution >= 4 is 33.1 Å². The Morgan fingerprint density at radius 3 is 2.60 bits per heavy atom. The molecule has 2 aromatic heterocycles. The van der Waals surface area contributed by atoms with Crippen molar-refractivity contribution in [1.29, 1.82) is 0 Å². The zero-order chi connectivity index (χ0) is 21.3. The number of hydrogen-bond donors (Lipinski definition) is 1. The summed E-state index contributed by atoms with van der Waals surface area (Å²) in [5.74, 6) is 0.462. The fourth-order valence-corrected chi connectivity index (χ4v) is 4.64. The molecule has 4 rings (SSSR count). The van der Waals surface area contributed by atoms with Gasteiger partial charge in [0.2, 0.25) is 5.91 Å². The van der Waals surface area contributed by atoms with Crippen LogP contribution in [0, 0.1) is 19.8 Å². The number of aromatic nitrogens is 3. The van der Waals surface area contributed by atoms with E-state index in [1.54, 1.807) is 11.3 Å². The number of rotatable bonds is 6. The Balaban J connectivity index is 1.57. The molecule has 4 aromatic rings. The quantitative estimate of drug-likeness (QED) is 0.442. The van der Waals surface area contributed by atoms with Crippen LogP contribution >= 0.6 is 11.3 Å². The van der Waals surface area contributed by atoms with Gasteiger partial charge in [0.25, 0.3) is 0 Å². The molecule has 154 valence electrons. The van der Waals surface area contributed by atoms with Gasteiger partial charge < -0.3 is 5.32 Å². The fraction of sp³-hybridized carbons (Fsp3) is 0.292. The summed E-state index contributed by atoms with van der Waals surface area (Å²) in [6.07, 6.45) is 0.309. The molecule has 2 heterocycles. The van der Waals surface area contributed by atoms with Crippen LogP contribution in [0.4, 0.5) is 5.69 Å². The number of fused-ring (bicyclic) bond motifs is 1. The van der Waals surface area contributed by atoms with Gasteiger partial charge in [0.05, 0.1) is 28.0 Å². The fourth-order valence-electron chi connectivity index (χ4n) is 3.63. The Kier molecular flexibility index (Phi) is 5.68. The van der Waals surface area contributed by atoms with Gasteiger partial charge in [-0.1, -0.05) is 38.1 Å². The van der Waals surface area contributed by atoms with Crippen molar-refractivity contribution in [1.82, 2.24) is 14.8 Å². The van der Waals surface area contributed by atoms with Gasteiger partial charge in [-0.2, -0.15) is 5.10 Å². The number of carbonyl (C=O) groups excluding carboxylic acids is 1. The minimum absolute atomic E-state index is 0.0427. The van der Waals surface area contributed by atoms with Crippen LogP contribution in [-0.2, 0) is 17.8 Å². The Morgan fingerprint density at radius 2 is 1.83 bits per heavy atom. The lowest BCUT2D eigenvalue weighted by atomic mass is 10.1. The van der Waals surface area contributed by atoms with E-state index in [2.05, 4.69) is 30.3 Å². The van der Waals surface area contributed by atoms with Crippen molar-refractivity contribution in [3.8, 4) is 10.6 Å². The predicted octanol–water partition coefficient (Wildman–Crippen LogP) is 5.61. The largest absolute Gasteiger partial charge is 0.325 e. The Morgan fingerprint density at radius 1 is 1.10 bits per heavy atom. The van der Waals surface area contributed by atoms with Gasteiger partial charge in [-0.25, -0.2) is 4.98 Å².